The molecule has 14 heteroatoms. The summed E-state index contributed by atoms with van der Waals surface area (Å²) in [6, 6.07) is 6.63. The molecule has 2 bridgehead atoms. The van der Waals surface area contributed by atoms with Crippen LogP contribution in [0.1, 0.15) is 46.0 Å². The van der Waals surface area contributed by atoms with E-state index < -0.39 is 22.0 Å². The van der Waals surface area contributed by atoms with Crippen LogP contribution in [0.2, 0.25) is 5.15 Å². The van der Waals surface area contributed by atoms with Crippen LogP contribution in [-0.4, -0.2) is 57.7 Å². The van der Waals surface area contributed by atoms with Crippen LogP contribution in [0.15, 0.2) is 41.5 Å². The molecular formula is C29H29ClN8O4S. The number of piperidine rings is 1. The molecule has 4 aromatic rings. The average Bonchev–Trinajstić information content (AvgIpc) is 3.68. The first-order valence-electron chi connectivity index (χ1n) is 13.8. The number of amides is 1. The maximum atomic E-state index is 13.7. The Labute approximate surface area is 252 Å². The Morgan fingerprint density at radius 2 is 1.93 bits per heavy atom. The molecule has 5 heterocycles. The highest BCUT2D eigenvalue weighted by Crippen LogP contribution is 2.85. The van der Waals surface area contributed by atoms with Gasteiger partial charge < -0.3 is 10.2 Å². The number of rotatable bonds is 7. The van der Waals surface area contributed by atoms with Crippen LogP contribution < -0.4 is 20.5 Å². The van der Waals surface area contributed by atoms with E-state index >= 15 is 0 Å². The summed E-state index contributed by atoms with van der Waals surface area (Å²) in [5.41, 5.74) is 4.00. The highest BCUT2D eigenvalue weighted by Gasteiger charge is 2.94. The Hall–Kier alpha value is -4.10. The fourth-order valence-corrected chi connectivity index (χ4v) is 7.59. The van der Waals surface area contributed by atoms with Crippen molar-refractivity contribution in [2.45, 2.75) is 38.3 Å². The van der Waals surface area contributed by atoms with Gasteiger partial charge in [0.2, 0.25) is 16.0 Å². The summed E-state index contributed by atoms with van der Waals surface area (Å²) in [7, 11) is -2.08. The normalized spacial score (nSPS) is 24.0. The van der Waals surface area contributed by atoms with Crippen LogP contribution in [0.25, 0.3) is 10.9 Å². The minimum Gasteiger partial charge on any atom is -0.377 e. The average molecular weight is 621 g/mol. The fraction of sp³-hybridized carbons (Fsp3) is 0.379. The molecule has 222 valence electrons. The molecule has 4 aliphatic rings. The molecule has 2 saturated carbocycles. The molecular weight excluding hydrogens is 592 g/mol. The van der Waals surface area contributed by atoms with Gasteiger partial charge in [-0.2, -0.15) is 0 Å². The third-order valence-electron chi connectivity index (χ3n) is 8.94. The third-order valence-corrected chi connectivity index (χ3v) is 9.71. The van der Waals surface area contributed by atoms with Crippen LogP contribution >= 0.6 is 11.6 Å². The summed E-state index contributed by atoms with van der Waals surface area (Å²) in [5.74, 6) is 0.650. The Kier molecular flexibility index (Phi) is 5.93. The number of aryl methyl sites for hydroxylation is 2. The van der Waals surface area contributed by atoms with Crippen molar-refractivity contribution in [2.75, 3.05) is 23.0 Å². The second kappa shape index (κ2) is 9.20. The third kappa shape index (κ3) is 4.20. The van der Waals surface area contributed by atoms with Gasteiger partial charge in [-0.1, -0.05) is 17.7 Å². The first kappa shape index (κ1) is 27.7. The molecule has 5 atom stereocenters. The summed E-state index contributed by atoms with van der Waals surface area (Å²) in [5, 5.41) is 3.78. The molecule has 4 fully saturated rings. The number of pyridine rings is 1. The largest absolute Gasteiger partial charge is 0.377 e. The number of carbonyl (C=O) groups is 1. The maximum Gasteiger partial charge on any atom is 0.285 e. The molecule has 0 radical (unpaired) electrons. The zero-order chi connectivity index (χ0) is 30.6. The van der Waals surface area contributed by atoms with Gasteiger partial charge in [0.15, 0.2) is 5.69 Å². The summed E-state index contributed by atoms with van der Waals surface area (Å²) in [6.07, 6.45) is 4.57. The molecule has 8 rings (SSSR count). The van der Waals surface area contributed by atoms with Gasteiger partial charge in [-0.3, -0.25) is 24.1 Å². The van der Waals surface area contributed by atoms with Gasteiger partial charge in [0, 0.05) is 43.0 Å². The minimum atomic E-state index is -3.83. The molecule has 2 saturated heterocycles. The van der Waals surface area contributed by atoms with E-state index in [9.17, 15) is 18.0 Å². The number of carbonyl (C=O) groups excluding carboxylic acids is 1. The van der Waals surface area contributed by atoms with E-state index in [0.29, 0.717) is 28.7 Å². The summed E-state index contributed by atoms with van der Waals surface area (Å²) < 4.78 is 27.0. The highest BCUT2D eigenvalue weighted by molar-refractivity contribution is 7.89. The number of halogens is 1. The molecule has 1 amide bonds. The number of hydrogen-bond acceptors (Lipinski definition) is 10. The van der Waals surface area contributed by atoms with Gasteiger partial charge in [-0.25, -0.2) is 23.1 Å². The van der Waals surface area contributed by atoms with E-state index in [-0.39, 0.29) is 33.6 Å². The lowest BCUT2D eigenvalue weighted by atomic mass is 10.0. The number of fused-ring (bicyclic) bond motifs is 2. The SMILES string of the molecule is Cc1cc([C@@H](C)Nc2ccc(Cl)nc2C(=O)NS(C)(=O)=O)c2nc(N3C[C@@H]4C5C3[C@@]54c3cnc(C)cn3)n(C)c(=O)c2c1. The van der Waals surface area contributed by atoms with Crippen LogP contribution in [-0.2, 0) is 22.5 Å². The predicted molar refractivity (Wildman–Crippen MR) is 162 cm³/mol. The van der Waals surface area contributed by atoms with Crippen molar-refractivity contribution < 1.29 is 13.2 Å². The van der Waals surface area contributed by atoms with Crippen molar-refractivity contribution in [3.8, 4) is 0 Å². The second-order valence-electron chi connectivity index (χ2n) is 11.8. The van der Waals surface area contributed by atoms with Crippen molar-refractivity contribution in [1.29, 1.82) is 0 Å². The molecule has 2 aliphatic carbocycles. The van der Waals surface area contributed by atoms with Gasteiger partial charge in [-0.15, -0.1) is 0 Å². The van der Waals surface area contributed by atoms with E-state index in [1.54, 1.807) is 23.9 Å². The molecule has 12 nitrogen and oxygen atoms in total. The van der Waals surface area contributed by atoms with E-state index in [4.69, 9.17) is 16.6 Å². The monoisotopic (exact) mass is 620 g/mol. The smallest absolute Gasteiger partial charge is 0.285 e. The lowest BCUT2D eigenvalue weighted by Crippen LogP contribution is -2.32. The van der Waals surface area contributed by atoms with Gasteiger partial charge in [0.1, 0.15) is 5.15 Å². The topological polar surface area (TPSA) is 152 Å². The summed E-state index contributed by atoms with van der Waals surface area (Å²) in [6.45, 7) is 6.50. The number of sulfonamides is 1. The molecule has 2 aliphatic heterocycles. The molecule has 2 N–H and O–H groups in total. The highest BCUT2D eigenvalue weighted by atomic mass is 35.5. The second-order valence-corrected chi connectivity index (χ2v) is 14.0. The summed E-state index contributed by atoms with van der Waals surface area (Å²) >= 11 is 6.04. The number of aromatic nitrogens is 5. The minimum absolute atomic E-state index is 0.0110. The van der Waals surface area contributed by atoms with Crippen molar-refractivity contribution in [1.82, 2.24) is 29.2 Å². The van der Waals surface area contributed by atoms with Crippen molar-refractivity contribution in [2.24, 2.45) is 18.9 Å². The van der Waals surface area contributed by atoms with Crippen molar-refractivity contribution >= 4 is 50.1 Å². The Bertz CT molecular complexity index is 2030. The molecule has 2 unspecified atom stereocenters. The maximum absolute atomic E-state index is 13.7. The van der Waals surface area contributed by atoms with E-state index in [1.165, 1.54) is 6.07 Å². The molecule has 43 heavy (non-hydrogen) atoms. The zero-order valence-electron chi connectivity index (χ0n) is 24.1. The van der Waals surface area contributed by atoms with Gasteiger partial charge in [0.25, 0.3) is 11.5 Å². The van der Waals surface area contributed by atoms with E-state index in [2.05, 4.69) is 25.2 Å². The van der Waals surface area contributed by atoms with Gasteiger partial charge >= 0.3 is 0 Å². The van der Waals surface area contributed by atoms with Crippen LogP contribution in [0.5, 0.6) is 0 Å². The quantitative estimate of drug-likeness (QED) is 0.295. The number of nitrogens with zero attached hydrogens (tertiary/aromatic N) is 6. The van der Waals surface area contributed by atoms with Gasteiger partial charge in [-0.05, 0) is 56.4 Å². The van der Waals surface area contributed by atoms with E-state index in [1.807, 2.05) is 43.8 Å². The standard InChI is InChI=1S/C29H29ClN8O4S/c1-13-8-16(15(3)33-19-6-7-21(30)34-24(19)26(39)36-43(5,41)42)23-17(9-13)27(40)37(4)28(35-23)38-12-18-22-25(38)29(18,22)20-11-31-14(2)10-32-20/h6-11,15,18,22,25,33H,12H2,1-5H3,(H,36,39)/t15-,18-,22?,25?,29+/m1/s1. The predicted octanol–water partition coefficient (Wildman–Crippen LogP) is 2.64. The number of anilines is 2. The Balaban J connectivity index is 1.26. The van der Waals surface area contributed by atoms with Crippen LogP contribution in [0.4, 0.5) is 11.6 Å². The van der Waals surface area contributed by atoms with Crippen molar-refractivity contribution in [3.05, 3.63) is 80.4 Å². The van der Waals surface area contributed by atoms with Crippen LogP contribution in [0, 0.1) is 25.7 Å². The first-order chi connectivity index (χ1) is 20.3. The number of benzene rings is 1. The zero-order valence-corrected chi connectivity index (χ0v) is 25.7. The van der Waals surface area contributed by atoms with Gasteiger partial charge in [0.05, 0.1) is 40.3 Å². The van der Waals surface area contributed by atoms with E-state index in [0.717, 1.165) is 35.3 Å². The number of nitrogens with one attached hydrogen (secondary N) is 2. The van der Waals surface area contributed by atoms with Crippen LogP contribution in [0.3, 0.4) is 0 Å². The first-order valence-corrected chi connectivity index (χ1v) is 16.1. The molecule has 3 aromatic heterocycles. The van der Waals surface area contributed by atoms with Crippen molar-refractivity contribution in [3.63, 3.8) is 0 Å². The molecule has 0 spiro atoms. The Morgan fingerprint density at radius 1 is 1.16 bits per heavy atom. The molecule has 1 aromatic carbocycles. The lowest BCUT2D eigenvalue weighted by molar-refractivity contribution is 0.0977. The number of hydrogen-bond donors (Lipinski definition) is 2. The fourth-order valence-electron chi connectivity index (χ4n) is 7.01. The lowest BCUT2D eigenvalue weighted by Gasteiger charge is -2.23. The summed E-state index contributed by atoms with van der Waals surface area (Å²) in [4.78, 5) is 47.0. The Morgan fingerprint density at radius 3 is 2.60 bits per heavy atom.